The number of nitrogens with zero attached hydrogens (tertiary/aromatic N) is 3. The van der Waals surface area contributed by atoms with Crippen molar-refractivity contribution in [2.45, 2.75) is 12.8 Å². The second-order valence-corrected chi connectivity index (χ2v) is 4.15. The van der Waals surface area contributed by atoms with Crippen LogP contribution in [0.25, 0.3) is 0 Å². The van der Waals surface area contributed by atoms with Crippen molar-refractivity contribution < 1.29 is 9.94 Å². The zero-order valence-electron chi connectivity index (χ0n) is 10.9. The molecule has 20 heavy (non-hydrogen) atoms. The van der Waals surface area contributed by atoms with E-state index in [9.17, 15) is 0 Å². The summed E-state index contributed by atoms with van der Waals surface area (Å²) in [6, 6.07) is 9.10. The number of ether oxygens (including phenoxy) is 1. The first kappa shape index (κ1) is 13.8. The van der Waals surface area contributed by atoms with Gasteiger partial charge in [0.05, 0.1) is 6.61 Å². The highest BCUT2D eigenvalue weighted by atomic mass is 16.5. The molecule has 0 aromatic carbocycles. The van der Waals surface area contributed by atoms with Gasteiger partial charge >= 0.3 is 0 Å². The lowest BCUT2D eigenvalue weighted by Gasteiger charge is -2.06. The van der Waals surface area contributed by atoms with Gasteiger partial charge in [0.2, 0.25) is 5.88 Å². The highest BCUT2D eigenvalue weighted by Crippen LogP contribution is 2.09. The molecule has 0 amide bonds. The van der Waals surface area contributed by atoms with E-state index in [4.69, 9.17) is 15.7 Å². The van der Waals surface area contributed by atoms with Crippen molar-refractivity contribution >= 4 is 5.84 Å². The van der Waals surface area contributed by atoms with Gasteiger partial charge in [0.1, 0.15) is 5.69 Å². The van der Waals surface area contributed by atoms with Gasteiger partial charge in [-0.1, -0.05) is 11.2 Å². The lowest BCUT2D eigenvalue weighted by Crippen LogP contribution is -2.15. The summed E-state index contributed by atoms with van der Waals surface area (Å²) < 4.78 is 5.54. The zero-order valence-corrected chi connectivity index (χ0v) is 10.9. The smallest absolute Gasteiger partial charge is 0.213 e. The highest BCUT2D eigenvalue weighted by molar-refractivity contribution is 5.95. The molecule has 6 nitrogen and oxygen atoms in total. The van der Waals surface area contributed by atoms with Crippen LogP contribution in [0.2, 0.25) is 0 Å². The summed E-state index contributed by atoms with van der Waals surface area (Å²) in [6.07, 6.45) is 5.35. The number of amidine groups is 1. The number of oxime groups is 1. The topological polar surface area (TPSA) is 93.6 Å². The van der Waals surface area contributed by atoms with E-state index in [0.29, 0.717) is 18.2 Å². The fourth-order valence-electron chi connectivity index (χ4n) is 1.69. The average molecular weight is 272 g/mol. The number of aryl methyl sites for hydroxylation is 1. The zero-order chi connectivity index (χ0) is 14.2. The van der Waals surface area contributed by atoms with Crippen LogP contribution in [0.5, 0.6) is 5.88 Å². The Morgan fingerprint density at radius 2 is 2.05 bits per heavy atom. The molecule has 2 aromatic heterocycles. The molecule has 104 valence electrons. The molecule has 6 heteroatoms. The van der Waals surface area contributed by atoms with Crippen LogP contribution in [0.1, 0.15) is 17.7 Å². The molecular weight excluding hydrogens is 256 g/mol. The van der Waals surface area contributed by atoms with Crippen molar-refractivity contribution in [1.82, 2.24) is 9.97 Å². The van der Waals surface area contributed by atoms with Crippen molar-refractivity contribution in [3.63, 3.8) is 0 Å². The Morgan fingerprint density at radius 3 is 2.80 bits per heavy atom. The Balaban J connectivity index is 1.82. The summed E-state index contributed by atoms with van der Waals surface area (Å²) in [7, 11) is 0. The van der Waals surface area contributed by atoms with Crippen LogP contribution in [0.4, 0.5) is 0 Å². The summed E-state index contributed by atoms with van der Waals surface area (Å²) in [6.45, 7) is 0.551. The summed E-state index contributed by atoms with van der Waals surface area (Å²) in [5, 5.41) is 11.5. The van der Waals surface area contributed by atoms with Crippen molar-refractivity contribution in [2.24, 2.45) is 10.9 Å². The molecule has 0 atom stereocenters. The average Bonchev–Trinajstić information content (AvgIpc) is 2.52. The number of hydrogen-bond acceptors (Lipinski definition) is 5. The van der Waals surface area contributed by atoms with Gasteiger partial charge in [0.25, 0.3) is 0 Å². The van der Waals surface area contributed by atoms with E-state index >= 15 is 0 Å². The van der Waals surface area contributed by atoms with Crippen LogP contribution in [-0.4, -0.2) is 27.6 Å². The van der Waals surface area contributed by atoms with Crippen molar-refractivity contribution in [1.29, 1.82) is 0 Å². The molecule has 0 unspecified atom stereocenters. The van der Waals surface area contributed by atoms with Crippen LogP contribution in [0.3, 0.4) is 0 Å². The van der Waals surface area contributed by atoms with E-state index in [1.165, 1.54) is 5.56 Å². The first-order chi connectivity index (χ1) is 9.79. The first-order valence-electron chi connectivity index (χ1n) is 6.26. The second-order valence-electron chi connectivity index (χ2n) is 4.15. The normalized spacial score (nSPS) is 11.3. The summed E-state index contributed by atoms with van der Waals surface area (Å²) in [4.78, 5) is 8.11. The second kappa shape index (κ2) is 7.08. The maximum atomic E-state index is 8.60. The monoisotopic (exact) mass is 272 g/mol. The van der Waals surface area contributed by atoms with Crippen LogP contribution in [0.15, 0.2) is 47.9 Å². The van der Waals surface area contributed by atoms with E-state index in [1.54, 1.807) is 30.6 Å². The van der Waals surface area contributed by atoms with Crippen molar-refractivity contribution in [2.75, 3.05) is 6.61 Å². The maximum absolute atomic E-state index is 8.60. The fourth-order valence-corrected chi connectivity index (χ4v) is 1.69. The van der Waals surface area contributed by atoms with Gasteiger partial charge in [-0.3, -0.25) is 4.98 Å². The Hall–Kier alpha value is -2.63. The molecule has 0 spiro atoms. The quantitative estimate of drug-likeness (QED) is 0.274. The van der Waals surface area contributed by atoms with Crippen molar-refractivity contribution in [3.8, 4) is 5.88 Å². The van der Waals surface area contributed by atoms with Crippen LogP contribution >= 0.6 is 0 Å². The predicted molar refractivity (Wildman–Crippen MR) is 74.8 cm³/mol. The molecule has 2 heterocycles. The van der Waals surface area contributed by atoms with E-state index in [-0.39, 0.29) is 5.84 Å². The van der Waals surface area contributed by atoms with Gasteiger partial charge < -0.3 is 15.7 Å². The highest BCUT2D eigenvalue weighted by Gasteiger charge is 2.03. The molecule has 2 aromatic rings. The summed E-state index contributed by atoms with van der Waals surface area (Å²) in [5.74, 6) is 0.427. The van der Waals surface area contributed by atoms with E-state index in [1.807, 2.05) is 12.1 Å². The Kier molecular flexibility index (Phi) is 4.88. The summed E-state index contributed by atoms with van der Waals surface area (Å²) >= 11 is 0. The maximum Gasteiger partial charge on any atom is 0.213 e. The third-order valence-corrected chi connectivity index (χ3v) is 2.70. The van der Waals surface area contributed by atoms with Gasteiger partial charge in [-0.15, -0.1) is 0 Å². The lowest BCUT2D eigenvalue weighted by atomic mass is 10.1. The number of rotatable bonds is 6. The fraction of sp³-hybridized carbons (Fsp3) is 0.214. The Morgan fingerprint density at radius 1 is 1.25 bits per heavy atom. The largest absolute Gasteiger partial charge is 0.478 e. The predicted octanol–water partition coefficient (Wildman–Crippen LogP) is 1.58. The minimum Gasteiger partial charge on any atom is -0.478 e. The molecule has 0 saturated carbocycles. The molecule has 0 radical (unpaired) electrons. The molecule has 0 aliphatic rings. The number of hydrogen-bond donors (Lipinski definition) is 2. The number of nitrogens with two attached hydrogens (primary N) is 1. The number of aromatic nitrogens is 2. The van der Waals surface area contributed by atoms with E-state index in [2.05, 4.69) is 15.1 Å². The van der Waals surface area contributed by atoms with Gasteiger partial charge in [0.15, 0.2) is 5.84 Å². The lowest BCUT2D eigenvalue weighted by molar-refractivity contribution is 0.298. The third-order valence-electron chi connectivity index (χ3n) is 2.70. The van der Waals surface area contributed by atoms with Gasteiger partial charge in [-0.05, 0) is 36.6 Å². The Bertz CT molecular complexity index is 572. The van der Waals surface area contributed by atoms with Gasteiger partial charge in [-0.2, -0.15) is 0 Å². The van der Waals surface area contributed by atoms with Gasteiger partial charge in [0, 0.05) is 18.5 Å². The molecule has 2 rings (SSSR count). The molecule has 0 aliphatic carbocycles. The first-order valence-corrected chi connectivity index (χ1v) is 6.26. The SMILES string of the molecule is NC(=NO)c1cccc(OCCCc2ccncc2)n1. The molecule has 0 aliphatic heterocycles. The minimum atomic E-state index is -0.0350. The van der Waals surface area contributed by atoms with Gasteiger partial charge in [-0.25, -0.2) is 4.98 Å². The molecular formula is C14H16N4O2. The van der Waals surface area contributed by atoms with Crippen molar-refractivity contribution in [3.05, 3.63) is 54.0 Å². The Labute approximate surface area is 116 Å². The molecule has 0 fully saturated rings. The van der Waals surface area contributed by atoms with Crippen LogP contribution in [0, 0.1) is 0 Å². The standard InChI is InChI=1S/C14H16N4O2/c15-14(18-19)12-4-1-5-13(17-12)20-10-2-3-11-6-8-16-9-7-11/h1,4-9,19H,2-3,10H2,(H2,15,18). The minimum absolute atomic E-state index is 0.0350. The molecule has 0 bridgehead atoms. The van der Waals surface area contributed by atoms with Crippen LogP contribution in [-0.2, 0) is 6.42 Å². The third kappa shape index (κ3) is 3.94. The van der Waals surface area contributed by atoms with Crippen LogP contribution < -0.4 is 10.5 Å². The molecule has 3 N–H and O–H groups in total. The number of pyridine rings is 2. The van der Waals surface area contributed by atoms with E-state index in [0.717, 1.165) is 12.8 Å². The van der Waals surface area contributed by atoms with E-state index < -0.39 is 0 Å². The molecule has 0 saturated heterocycles. The summed E-state index contributed by atoms with van der Waals surface area (Å²) in [5.41, 5.74) is 7.08.